The molecule has 4 heteroatoms. The molecule has 0 radical (unpaired) electrons. The molecular formula is C13H16N2O2. The molecule has 0 amide bonds. The second kappa shape index (κ2) is 4.04. The molecule has 1 atom stereocenters. The molecule has 1 saturated carbocycles. The van der Waals surface area contributed by atoms with Crippen LogP contribution in [0.15, 0.2) is 33.5 Å². The Hall–Kier alpha value is -1.55. The largest absolute Gasteiger partial charge is 0.420 e. The van der Waals surface area contributed by atoms with Crippen molar-refractivity contribution >= 4 is 11.1 Å². The fraction of sp³-hybridized carbons (Fsp3) is 0.462. The Morgan fingerprint density at radius 1 is 1.47 bits per heavy atom. The van der Waals surface area contributed by atoms with E-state index in [-0.39, 0.29) is 5.76 Å². The average Bonchev–Trinajstić information content (AvgIpc) is 3.12. The lowest BCUT2D eigenvalue weighted by molar-refractivity contribution is 0.411. The highest BCUT2D eigenvalue weighted by atomic mass is 16.4. The minimum Gasteiger partial charge on any atom is -0.408 e. The summed E-state index contributed by atoms with van der Waals surface area (Å²) in [5.41, 5.74) is 1.56. The summed E-state index contributed by atoms with van der Waals surface area (Å²) in [5, 5.41) is 3.29. The molecular weight excluding hydrogens is 216 g/mol. The number of para-hydroxylation sites is 2. The first kappa shape index (κ1) is 10.6. The van der Waals surface area contributed by atoms with Crippen molar-refractivity contribution in [2.75, 3.05) is 7.05 Å². The van der Waals surface area contributed by atoms with Crippen molar-refractivity contribution in [1.82, 2.24) is 9.88 Å². The van der Waals surface area contributed by atoms with Crippen molar-refractivity contribution in [1.29, 1.82) is 0 Å². The number of hydrogen-bond donors (Lipinski definition) is 1. The molecule has 3 rings (SSSR count). The lowest BCUT2D eigenvalue weighted by atomic mass is 10.2. The van der Waals surface area contributed by atoms with Crippen molar-refractivity contribution in [3.05, 3.63) is 34.8 Å². The normalized spacial score (nSPS) is 17.5. The highest BCUT2D eigenvalue weighted by Gasteiger charge is 2.31. The van der Waals surface area contributed by atoms with E-state index in [4.69, 9.17) is 4.42 Å². The van der Waals surface area contributed by atoms with Gasteiger partial charge in [-0.15, -0.1) is 0 Å². The number of rotatable bonds is 4. The van der Waals surface area contributed by atoms with Gasteiger partial charge in [-0.2, -0.15) is 0 Å². The summed E-state index contributed by atoms with van der Waals surface area (Å²) in [7, 11) is 1.95. The van der Waals surface area contributed by atoms with E-state index >= 15 is 0 Å². The Labute approximate surface area is 99.2 Å². The number of nitrogens with zero attached hydrogens (tertiary/aromatic N) is 1. The predicted molar refractivity (Wildman–Crippen MR) is 66.0 cm³/mol. The minimum atomic E-state index is -0.257. The van der Waals surface area contributed by atoms with Crippen LogP contribution in [-0.2, 0) is 6.54 Å². The fourth-order valence-corrected chi connectivity index (χ4v) is 2.36. The second-order valence-electron chi connectivity index (χ2n) is 4.68. The van der Waals surface area contributed by atoms with Gasteiger partial charge in [0, 0.05) is 12.6 Å². The van der Waals surface area contributed by atoms with Crippen LogP contribution in [0.25, 0.3) is 11.1 Å². The molecule has 2 aromatic rings. The van der Waals surface area contributed by atoms with Gasteiger partial charge >= 0.3 is 5.76 Å². The summed E-state index contributed by atoms with van der Waals surface area (Å²) in [5.74, 6) is 0.452. The standard InChI is InChI=1S/C13H16N2O2/c1-14-10(9-6-7-9)8-15-11-4-2-3-5-12(11)17-13(15)16/h2-5,9-10,14H,6-8H2,1H3. The number of hydrogen-bond acceptors (Lipinski definition) is 3. The second-order valence-corrected chi connectivity index (χ2v) is 4.68. The van der Waals surface area contributed by atoms with Crippen molar-refractivity contribution < 1.29 is 4.42 Å². The van der Waals surface area contributed by atoms with Gasteiger partial charge < -0.3 is 9.73 Å². The summed E-state index contributed by atoms with van der Waals surface area (Å²) in [4.78, 5) is 11.8. The maximum atomic E-state index is 11.8. The molecule has 1 unspecified atom stereocenters. The fourth-order valence-electron chi connectivity index (χ4n) is 2.36. The molecule has 0 bridgehead atoms. The Morgan fingerprint density at radius 3 is 2.94 bits per heavy atom. The van der Waals surface area contributed by atoms with Crippen LogP contribution in [0.4, 0.5) is 0 Å². The highest BCUT2D eigenvalue weighted by molar-refractivity contribution is 5.72. The summed E-state index contributed by atoms with van der Waals surface area (Å²) in [6.45, 7) is 0.691. The van der Waals surface area contributed by atoms with Crippen LogP contribution in [0.1, 0.15) is 12.8 Å². The number of oxazole rings is 1. The Kier molecular flexibility index (Phi) is 2.52. The van der Waals surface area contributed by atoms with Gasteiger partial charge in [-0.3, -0.25) is 4.57 Å². The highest BCUT2D eigenvalue weighted by Crippen LogP contribution is 2.33. The zero-order chi connectivity index (χ0) is 11.8. The van der Waals surface area contributed by atoms with E-state index in [1.807, 2.05) is 31.3 Å². The van der Waals surface area contributed by atoms with Crippen molar-refractivity contribution in [2.45, 2.75) is 25.4 Å². The van der Waals surface area contributed by atoms with Crippen molar-refractivity contribution in [3.8, 4) is 0 Å². The van der Waals surface area contributed by atoms with E-state index in [9.17, 15) is 4.79 Å². The topological polar surface area (TPSA) is 47.2 Å². The molecule has 1 aliphatic carbocycles. The molecule has 1 aromatic heterocycles. The van der Waals surface area contributed by atoms with Gasteiger partial charge in [-0.05, 0) is 37.9 Å². The van der Waals surface area contributed by atoms with E-state index in [0.717, 1.165) is 5.52 Å². The first-order valence-corrected chi connectivity index (χ1v) is 6.05. The van der Waals surface area contributed by atoms with Crippen LogP contribution in [0.5, 0.6) is 0 Å². The van der Waals surface area contributed by atoms with E-state index in [0.29, 0.717) is 24.1 Å². The van der Waals surface area contributed by atoms with Gasteiger partial charge in [0.2, 0.25) is 0 Å². The zero-order valence-electron chi connectivity index (χ0n) is 9.85. The van der Waals surface area contributed by atoms with Crippen LogP contribution >= 0.6 is 0 Å². The Bertz CT molecular complexity index is 580. The maximum absolute atomic E-state index is 11.8. The SMILES string of the molecule is CNC(Cn1c(=O)oc2ccccc21)C1CC1. The summed E-state index contributed by atoms with van der Waals surface area (Å²) < 4.78 is 6.96. The number of fused-ring (bicyclic) bond motifs is 1. The molecule has 0 aliphatic heterocycles. The van der Waals surface area contributed by atoms with Crippen LogP contribution in [0.3, 0.4) is 0 Å². The third-order valence-corrected chi connectivity index (χ3v) is 3.51. The molecule has 17 heavy (non-hydrogen) atoms. The van der Waals surface area contributed by atoms with E-state index in [1.54, 1.807) is 4.57 Å². The number of benzene rings is 1. The van der Waals surface area contributed by atoms with Gasteiger partial charge in [0.1, 0.15) is 0 Å². The van der Waals surface area contributed by atoms with Gasteiger partial charge in [0.15, 0.2) is 5.58 Å². The number of aromatic nitrogens is 1. The molecule has 0 spiro atoms. The quantitative estimate of drug-likeness (QED) is 0.870. The summed E-state index contributed by atoms with van der Waals surface area (Å²) >= 11 is 0. The monoisotopic (exact) mass is 232 g/mol. The molecule has 4 nitrogen and oxygen atoms in total. The van der Waals surface area contributed by atoms with Crippen molar-refractivity contribution in [2.24, 2.45) is 5.92 Å². The molecule has 90 valence electrons. The lowest BCUT2D eigenvalue weighted by Gasteiger charge is -2.15. The third kappa shape index (κ3) is 1.89. The Morgan fingerprint density at radius 2 is 2.24 bits per heavy atom. The van der Waals surface area contributed by atoms with Crippen molar-refractivity contribution in [3.63, 3.8) is 0 Å². The first-order valence-electron chi connectivity index (χ1n) is 6.05. The van der Waals surface area contributed by atoms with Crippen LogP contribution in [0, 0.1) is 5.92 Å². The molecule has 1 aliphatic rings. The van der Waals surface area contributed by atoms with Gasteiger partial charge in [0.25, 0.3) is 0 Å². The van der Waals surface area contributed by atoms with Crippen LogP contribution < -0.4 is 11.1 Å². The first-order chi connectivity index (χ1) is 8.29. The van der Waals surface area contributed by atoms with Gasteiger partial charge in [0.05, 0.1) is 5.52 Å². The smallest absolute Gasteiger partial charge is 0.408 e. The molecule has 1 N–H and O–H groups in total. The number of nitrogens with one attached hydrogen (secondary N) is 1. The van der Waals surface area contributed by atoms with Gasteiger partial charge in [-0.25, -0.2) is 4.79 Å². The number of likely N-dealkylation sites (N-methyl/N-ethyl adjacent to an activating group) is 1. The van der Waals surface area contributed by atoms with E-state index in [2.05, 4.69) is 5.32 Å². The maximum Gasteiger partial charge on any atom is 0.420 e. The zero-order valence-corrected chi connectivity index (χ0v) is 9.85. The minimum absolute atomic E-state index is 0.257. The Balaban J connectivity index is 1.98. The summed E-state index contributed by atoms with van der Waals surface area (Å²) in [6.07, 6.45) is 2.52. The molecule has 1 heterocycles. The van der Waals surface area contributed by atoms with E-state index < -0.39 is 0 Å². The predicted octanol–water partition coefficient (Wildman–Crippen LogP) is 1.59. The third-order valence-electron chi connectivity index (χ3n) is 3.51. The van der Waals surface area contributed by atoms with Gasteiger partial charge in [-0.1, -0.05) is 12.1 Å². The molecule has 0 saturated heterocycles. The van der Waals surface area contributed by atoms with Crippen LogP contribution in [-0.4, -0.2) is 17.7 Å². The summed E-state index contributed by atoms with van der Waals surface area (Å²) in [6, 6.07) is 7.94. The molecule has 1 aromatic carbocycles. The lowest BCUT2D eigenvalue weighted by Crippen LogP contribution is -2.34. The van der Waals surface area contributed by atoms with E-state index in [1.165, 1.54) is 12.8 Å². The van der Waals surface area contributed by atoms with Crippen LogP contribution in [0.2, 0.25) is 0 Å². The average molecular weight is 232 g/mol. The molecule has 1 fully saturated rings.